The Balaban J connectivity index is 1.70. The Morgan fingerprint density at radius 2 is 2.00 bits per heavy atom. The van der Waals surface area contributed by atoms with E-state index < -0.39 is 16.9 Å². The first-order chi connectivity index (χ1) is 17.3. The number of likely N-dealkylation sites (tertiary alicyclic amines) is 1. The van der Waals surface area contributed by atoms with Crippen molar-refractivity contribution in [1.29, 1.82) is 0 Å². The number of amides is 3. The molecule has 5 rings (SSSR count). The summed E-state index contributed by atoms with van der Waals surface area (Å²) in [7, 11) is 1.59. The minimum absolute atomic E-state index is 0.0612. The van der Waals surface area contributed by atoms with Gasteiger partial charge in [0.25, 0.3) is 0 Å². The average molecular weight is 492 g/mol. The second kappa shape index (κ2) is 9.24. The summed E-state index contributed by atoms with van der Waals surface area (Å²) in [6, 6.07) is 14.8. The van der Waals surface area contributed by atoms with Crippen LogP contribution in [0.5, 0.6) is 5.75 Å². The molecule has 0 aromatic heterocycles. The van der Waals surface area contributed by atoms with Crippen molar-refractivity contribution >= 4 is 23.4 Å². The quantitative estimate of drug-likeness (QED) is 0.714. The van der Waals surface area contributed by atoms with E-state index in [1.54, 1.807) is 12.0 Å². The van der Waals surface area contributed by atoms with Gasteiger partial charge >= 0.3 is 0 Å². The maximum absolute atomic E-state index is 14.4. The van der Waals surface area contributed by atoms with Crippen LogP contribution < -0.4 is 15.0 Å². The van der Waals surface area contributed by atoms with E-state index in [1.807, 2.05) is 67.3 Å². The Morgan fingerprint density at radius 3 is 2.81 bits per heavy atom. The van der Waals surface area contributed by atoms with Gasteiger partial charge in [-0.3, -0.25) is 14.4 Å². The van der Waals surface area contributed by atoms with Gasteiger partial charge in [0.15, 0.2) is 0 Å². The summed E-state index contributed by atoms with van der Waals surface area (Å²) in [5.41, 5.74) is 0.661. The van der Waals surface area contributed by atoms with Crippen molar-refractivity contribution in [2.45, 2.75) is 38.1 Å². The largest absolute Gasteiger partial charge is 0.494 e. The zero-order chi connectivity index (χ0) is 25.5. The highest BCUT2D eigenvalue weighted by Gasteiger charge is 2.62. The van der Waals surface area contributed by atoms with Crippen molar-refractivity contribution in [2.75, 3.05) is 44.9 Å². The maximum Gasteiger partial charge on any atom is 0.240 e. The summed E-state index contributed by atoms with van der Waals surface area (Å²) in [4.78, 5) is 44.6. The van der Waals surface area contributed by atoms with Crippen LogP contribution in [0.4, 0.5) is 5.69 Å². The zero-order valence-electron chi connectivity index (χ0n) is 21.1. The van der Waals surface area contributed by atoms with Gasteiger partial charge in [0.1, 0.15) is 17.7 Å². The molecule has 1 saturated heterocycles. The van der Waals surface area contributed by atoms with Gasteiger partial charge in [-0.15, -0.1) is 0 Å². The van der Waals surface area contributed by atoms with Crippen molar-refractivity contribution in [3.8, 4) is 5.75 Å². The number of benzene rings is 2. The fraction of sp³-hybridized carbons (Fsp3) is 0.464. The molecule has 0 saturated carbocycles. The SMILES string of the molecule is COCC(C)(C)C(=O)N1CC[C@]23C(=O)N(CC(=O)NCCCOc4cccc(c4)[C@H]12)c1ccccc13. The van der Waals surface area contributed by atoms with Crippen LogP contribution in [-0.2, 0) is 24.5 Å². The molecule has 190 valence electrons. The molecule has 2 aromatic carbocycles. The van der Waals surface area contributed by atoms with Crippen molar-refractivity contribution < 1.29 is 23.9 Å². The van der Waals surface area contributed by atoms with Gasteiger partial charge in [-0.05, 0) is 56.0 Å². The van der Waals surface area contributed by atoms with Crippen LogP contribution >= 0.6 is 0 Å². The highest BCUT2D eigenvalue weighted by Crippen LogP contribution is 2.57. The molecule has 4 bridgehead atoms. The Morgan fingerprint density at radius 1 is 1.19 bits per heavy atom. The normalized spacial score (nSPS) is 23.9. The summed E-state index contributed by atoms with van der Waals surface area (Å²) >= 11 is 0. The first-order valence-electron chi connectivity index (χ1n) is 12.5. The van der Waals surface area contributed by atoms with Crippen LogP contribution in [0.1, 0.15) is 43.9 Å². The summed E-state index contributed by atoms with van der Waals surface area (Å²) in [6.45, 7) is 5.28. The maximum atomic E-state index is 14.4. The second-order valence-corrected chi connectivity index (χ2v) is 10.5. The van der Waals surface area contributed by atoms with E-state index in [-0.39, 0.29) is 30.9 Å². The highest BCUT2D eigenvalue weighted by molar-refractivity contribution is 6.12. The number of rotatable bonds is 3. The lowest BCUT2D eigenvalue weighted by molar-refractivity contribution is -0.145. The molecule has 8 heteroatoms. The van der Waals surface area contributed by atoms with Gasteiger partial charge in [0.2, 0.25) is 17.7 Å². The van der Waals surface area contributed by atoms with E-state index in [4.69, 9.17) is 9.47 Å². The molecule has 1 N–H and O–H groups in total. The van der Waals surface area contributed by atoms with Crippen molar-refractivity contribution in [2.24, 2.45) is 5.41 Å². The van der Waals surface area contributed by atoms with E-state index >= 15 is 0 Å². The number of carbonyl (C=O) groups is 3. The number of hydrogen-bond donors (Lipinski definition) is 1. The monoisotopic (exact) mass is 491 g/mol. The van der Waals surface area contributed by atoms with Gasteiger partial charge in [-0.2, -0.15) is 0 Å². The smallest absolute Gasteiger partial charge is 0.240 e. The summed E-state index contributed by atoms with van der Waals surface area (Å²) in [6.07, 6.45) is 1.11. The van der Waals surface area contributed by atoms with Gasteiger partial charge in [-0.1, -0.05) is 30.3 Å². The molecule has 0 aliphatic carbocycles. The Kier molecular flexibility index (Phi) is 6.24. The van der Waals surface area contributed by atoms with Gasteiger partial charge in [-0.25, -0.2) is 0 Å². The van der Waals surface area contributed by atoms with E-state index in [2.05, 4.69) is 5.32 Å². The third kappa shape index (κ3) is 3.84. The molecule has 36 heavy (non-hydrogen) atoms. The lowest BCUT2D eigenvalue weighted by Crippen LogP contribution is -2.50. The van der Waals surface area contributed by atoms with Gasteiger partial charge in [0, 0.05) is 25.9 Å². The van der Waals surface area contributed by atoms with E-state index in [1.165, 1.54) is 0 Å². The van der Waals surface area contributed by atoms with Gasteiger partial charge < -0.3 is 24.6 Å². The fourth-order valence-electron chi connectivity index (χ4n) is 6.00. The predicted molar refractivity (Wildman–Crippen MR) is 135 cm³/mol. The number of nitrogens with one attached hydrogen (secondary N) is 1. The van der Waals surface area contributed by atoms with E-state index in [9.17, 15) is 14.4 Å². The third-order valence-corrected chi connectivity index (χ3v) is 7.56. The number of anilines is 1. The molecule has 3 heterocycles. The molecule has 1 spiro atoms. The zero-order valence-corrected chi connectivity index (χ0v) is 21.1. The molecule has 3 amide bonds. The number of carbonyl (C=O) groups excluding carboxylic acids is 3. The minimum Gasteiger partial charge on any atom is -0.494 e. The summed E-state index contributed by atoms with van der Waals surface area (Å²) in [5, 5.41) is 2.90. The van der Waals surface area contributed by atoms with Crippen LogP contribution in [0.2, 0.25) is 0 Å². The minimum atomic E-state index is -1.00. The lowest BCUT2D eigenvalue weighted by Gasteiger charge is -2.38. The summed E-state index contributed by atoms with van der Waals surface area (Å²) in [5.74, 6) is 0.249. The number of hydrogen-bond acceptors (Lipinski definition) is 5. The third-order valence-electron chi connectivity index (χ3n) is 7.56. The molecule has 3 aliphatic heterocycles. The topological polar surface area (TPSA) is 88.2 Å². The van der Waals surface area contributed by atoms with Crippen molar-refractivity contribution in [1.82, 2.24) is 10.2 Å². The fourth-order valence-corrected chi connectivity index (χ4v) is 6.00. The number of methoxy groups -OCH3 is 1. The lowest BCUT2D eigenvalue weighted by atomic mass is 9.72. The second-order valence-electron chi connectivity index (χ2n) is 10.5. The molecular formula is C28H33N3O5. The van der Waals surface area contributed by atoms with E-state index in [0.29, 0.717) is 38.3 Å². The van der Waals surface area contributed by atoms with Crippen LogP contribution in [0, 0.1) is 5.41 Å². The molecule has 0 radical (unpaired) electrons. The Hall–Kier alpha value is -3.39. The van der Waals surface area contributed by atoms with E-state index in [0.717, 1.165) is 16.8 Å². The number of nitrogens with zero attached hydrogens (tertiary/aromatic N) is 2. The molecule has 8 nitrogen and oxygen atoms in total. The number of ether oxygens (including phenoxy) is 2. The number of fused-ring (bicyclic) bond motifs is 6. The van der Waals surface area contributed by atoms with Crippen LogP contribution in [0.25, 0.3) is 0 Å². The molecule has 1 fully saturated rings. The first-order valence-corrected chi connectivity index (χ1v) is 12.5. The first kappa shape index (κ1) is 24.3. The van der Waals surface area contributed by atoms with Crippen molar-refractivity contribution in [3.05, 3.63) is 59.7 Å². The van der Waals surface area contributed by atoms with Crippen LogP contribution in [0.3, 0.4) is 0 Å². The van der Waals surface area contributed by atoms with Gasteiger partial charge in [0.05, 0.1) is 24.7 Å². The van der Waals surface area contributed by atoms with Crippen LogP contribution in [0.15, 0.2) is 48.5 Å². The molecular weight excluding hydrogens is 458 g/mol. The molecule has 3 aliphatic rings. The Labute approximate surface area is 211 Å². The average Bonchev–Trinajstić information content (AvgIpc) is 3.36. The molecule has 0 unspecified atom stereocenters. The standard InChI is InChI=1S/C28H33N3O5/c1-27(2,18-35-3)25(33)30-14-12-28-21-10-4-5-11-22(21)31(26(28)34)17-23(32)29-13-7-15-36-20-9-6-8-19(16-20)24(28)30/h4-6,8-11,16,24H,7,12-15,17-18H2,1-3H3,(H,29,32)/t24-,28+/m0/s1. The highest BCUT2D eigenvalue weighted by atomic mass is 16.5. The number of para-hydroxylation sites is 1. The van der Waals surface area contributed by atoms with Crippen molar-refractivity contribution in [3.63, 3.8) is 0 Å². The Bertz CT molecular complexity index is 1200. The van der Waals surface area contributed by atoms with Crippen LogP contribution in [-0.4, -0.2) is 62.6 Å². The predicted octanol–water partition coefficient (Wildman–Crippen LogP) is 2.82. The summed E-state index contributed by atoms with van der Waals surface area (Å²) < 4.78 is 11.3. The molecule has 2 atom stereocenters. The molecule has 2 aromatic rings.